The Kier molecular flexibility index (Phi) is 9.60. The zero-order chi connectivity index (χ0) is 20.1. The van der Waals surface area contributed by atoms with Crippen molar-refractivity contribution in [3.63, 3.8) is 0 Å². The van der Waals surface area contributed by atoms with Crippen LogP contribution in [0.3, 0.4) is 0 Å². The molecule has 0 spiro atoms. The van der Waals surface area contributed by atoms with Crippen LogP contribution in [0.25, 0.3) is 0 Å². The maximum absolute atomic E-state index is 3.95. The van der Waals surface area contributed by atoms with E-state index in [2.05, 4.69) is 104 Å². The van der Waals surface area contributed by atoms with Gasteiger partial charge in [0.25, 0.3) is 0 Å². The predicted molar refractivity (Wildman–Crippen MR) is 135 cm³/mol. The van der Waals surface area contributed by atoms with Crippen LogP contribution >= 0.6 is 0 Å². The smallest absolute Gasteiger partial charge is 0.358 e. The molecule has 2 aromatic rings. The van der Waals surface area contributed by atoms with Gasteiger partial charge in [0.15, 0.2) is 0 Å². The Hall–Kier alpha value is -1.15. The molecule has 0 heterocycles. The van der Waals surface area contributed by atoms with Gasteiger partial charge < -0.3 is 14.9 Å². The van der Waals surface area contributed by atoms with Gasteiger partial charge in [-0.25, -0.2) is 5.57 Å². The molecule has 1 aliphatic rings. The molecule has 0 aromatic heterocycles. The van der Waals surface area contributed by atoms with Crippen LogP contribution in [0, 0.1) is 48.6 Å². The van der Waals surface area contributed by atoms with Crippen molar-refractivity contribution in [1.29, 1.82) is 0 Å². The topological polar surface area (TPSA) is 0 Å². The molecular formula is C28H39SiTi. The summed E-state index contributed by atoms with van der Waals surface area (Å²) in [7, 11) is -2.15. The van der Waals surface area contributed by atoms with Crippen LogP contribution < -0.4 is 10.4 Å². The zero-order valence-corrected chi connectivity index (χ0v) is 23.5. The first kappa shape index (κ1) is 28.9. The maximum Gasteiger partial charge on any atom is 3.00 e. The first-order chi connectivity index (χ1) is 12.5. The Bertz CT molecular complexity index is 888. The number of allylic oxidation sites excluding steroid dienone is 4. The van der Waals surface area contributed by atoms with E-state index >= 15 is 0 Å². The largest absolute Gasteiger partial charge is 3.00 e. The van der Waals surface area contributed by atoms with E-state index in [9.17, 15) is 0 Å². The second-order valence-corrected chi connectivity index (χ2v) is 13.4. The fraction of sp³-hybridized carbons (Fsp3) is 0.357. The van der Waals surface area contributed by atoms with Gasteiger partial charge >= 0.3 is 21.7 Å². The summed E-state index contributed by atoms with van der Waals surface area (Å²) in [6.45, 7) is 20.7. The summed E-state index contributed by atoms with van der Waals surface area (Å²) >= 11 is 0. The zero-order valence-electron chi connectivity index (χ0n) is 21.0. The fourth-order valence-electron chi connectivity index (χ4n) is 4.99. The molecule has 0 bridgehead atoms. The third kappa shape index (κ3) is 4.54. The molecule has 159 valence electrons. The molecule has 0 saturated carbocycles. The molecular weight excluding hydrogens is 412 g/mol. The van der Waals surface area contributed by atoms with E-state index in [-0.39, 0.29) is 41.6 Å². The molecule has 30 heavy (non-hydrogen) atoms. The van der Waals surface area contributed by atoms with Gasteiger partial charge in [0.05, 0.1) is 0 Å². The standard InChI is InChI=1S/C26H33Si.2CH3.Ti/c1-17-10-18(2)13-24(12-17)27(9,25-14-19(3)11-20(4)15-25)26(8)16-21(5)22(6)23(26)7;;;/h10-15H,1-9H3;2*1H3;/q3*-1;+3. The van der Waals surface area contributed by atoms with E-state index < -0.39 is 8.07 Å². The number of hydrogen-bond acceptors (Lipinski definition) is 0. The third-order valence-corrected chi connectivity index (χ3v) is 12.3. The second kappa shape index (κ2) is 9.98. The van der Waals surface area contributed by atoms with Crippen molar-refractivity contribution in [3.8, 4) is 0 Å². The quantitative estimate of drug-likeness (QED) is 0.353. The summed E-state index contributed by atoms with van der Waals surface area (Å²) < 4.78 is 0. The van der Waals surface area contributed by atoms with Crippen molar-refractivity contribution in [2.45, 2.75) is 67.0 Å². The van der Waals surface area contributed by atoms with Crippen molar-refractivity contribution in [1.82, 2.24) is 0 Å². The Balaban J connectivity index is 0.00000280. The molecule has 0 amide bonds. The van der Waals surface area contributed by atoms with Crippen molar-refractivity contribution in [2.75, 3.05) is 0 Å². The van der Waals surface area contributed by atoms with Crippen molar-refractivity contribution in [3.05, 3.63) is 96.3 Å². The van der Waals surface area contributed by atoms with Gasteiger partial charge in [0.2, 0.25) is 0 Å². The minimum atomic E-state index is -2.15. The average molecular weight is 452 g/mol. The van der Waals surface area contributed by atoms with Crippen LogP contribution in [-0.2, 0) is 21.7 Å². The number of aryl methyl sites for hydroxylation is 4. The van der Waals surface area contributed by atoms with E-state index in [1.807, 2.05) is 0 Å². The molecule has 2 aromatic carbocycles. The Labute approximate surface area is 202 Å². The molecule has 0 saturated heterocycles. The van der Waals surface area contributed by atoms with E-state index in [0.29, 0.717) is 0 Å². The van der Waals surface area contributed by atoms with E-state index in [1.54, 1.807) is 0 Å². The van der Waals surface area contributed by atoms with Gasteiger partial charge in [0, 0.05) is 0 Å². The molecule has 3 rings (SSSR count). The average Bonchev–Trinajstić information content (AvgIpc) is 2.76. The maximum atomic E-state index is 3.95. The van der Waals surface area contributed by atoms with Gasteiger partial charge in [-0.05, 0) is 27.7 Å². The van der Waals surface area contributed by atoms with Crippen LogP contribution in [0.2, 0.25) is 11.6 Å². The second-order valence-electron chi connectivity index (χ2n) is 9.00. The van der Waals surface area contributed by atoms with Gasteiger partial charge in [-0.1, -0.05) is 101 Å². The molecule has 1 unspecified atom stereocenters. The van der Waals surface area contributed by atoms with Crippen molar-refractivity contribution >= 4 is 18.4 Å². The van der Waals surface area contributed by atoms with Crippen LogP contribution in [0.15, 0.2) is 53.1 Å². The summed E-state index contributed by atoms with van der Waals surface area (Å²) in [5, 5.41) is 2.99. The summed E-state index contributed by atoms with van der Waals surface area (Å²) in [6, 6.07) is 14.3. The molecule has 0 aliphatic heterocycles. The Morgan fingerprint density at radius 3 is 1.27 bits per heavy atom. The molecule has 2 heteroatoms. The monoisotopic (exact) mass is 451 g/mol. The van der Waals surface area contributed by atoms with Crippen LogP contribution in [0.4, 0.5) is 0 Å². The van der Waals surface area contributed by atoms with E-state index in [1.165, 1.54) is 49.3 Å². The van der Waals surface area contributed by atoms with Gasteiger partial charge in [0.1, 0.15) is 8.07 Å². The molecule has 0 fully saturated rings. The van der Waals surface area contributed by atoms with Gasteiger partial charge in [-0.3, -0.25) is 6.08 Å². The minimum Gasteiger partial charge on any atom is -0.358 e. The minimum absolute atomic E-state index is 0. The predicted octanol–water partition coefficient (Wildman–Crippen LogP) is 6.87. The van der Waals surface area contributed by atoms with Crippen LogP contribution in [0.1, 0.15) is 49.9 Å². The van der Waals surface area contributed by atoms with Gasteiger partial charge in [-0.15, -0.1) is 6.92 Å². The first-order valence-corrected chi connectivity index (χ1v) is 12.5. The fourth-order valence-corrected chi connectivity index (χ4v) is 9.92. The number of rotatable bonds is 3. The summed E-state index contributed by atoms with van der Waals surface area (Å²) in [6.07, 6.45) is 3.95. The Morgan fingerprint density at radius 2 is 1.00 bits per heavy atom. The van der Waals surface area contributed by atoms with Crippen LogP contribution in [-0.4, -0.2) is 8.07 Å². The van der Waals surface area contributed by atoms with Crippen molar-refractivity contribution in [2.24, 2.45) is 0 Å². The van der Waals surface area contributed by atoms with Crippen LogP contribution in [0.5, 0.6) is 0 Å². The first-order valence-electron chi connectivity index (χ1n) is 9.96. The molecule has 0 N–H and O–H groups in total. The van der Waals surface area contributed by atoms with E-state index in [4.69, 9.17) is 0 Å². The summed E-state index contributed by atoms with van der Waals surface area (Å²) in [5.41, 5.74) is 9.66. The number of benzene rings is 2. The summed E-state index contributed by atoms with van der Waals surface area (Å²) in [5.74, 6) is 0. The van der Waals surface area contributed by atoms with Gasteiger partial charge in [-0.2, -0.15) is 11.1 Å². The molecule has 1 atom stereocenters. The van der Waals surface area contributed by atoms with Crippen molar-refractivity contribution < 1.29 is 21.7 Å². The third-order valence-electron chi connectivity index (χ3n) is 6.91. The van der Waals surface area contributed by atoms with E-state index in [0.717, 1.165) is 0 Å². The number of hydrogen-bond donors (Lipinski definition) is 0. The SMILES string of the molecule is CC1=[C-]C(C)([Si](C)(c2cc(C)cc(C)c2)c2cc(C)cc(C)c2)C(C)=C1C.[CH3-].[CH3-].[Ti+3]. The molecule has 1 aliphatic carbocycles. The Morgan fingerprint density at radius 1 is 0.667 bits per heavy atom. The normalized spacial score (nSPS) is 18.2. The molecule has 1 radical (unpaired) electrons. The summed E-state index contributed by atoms with van der Waals surface area (Å²) in [4.78, 5) is 0. The molecule has 0 nitrogen and oxygen atoms in total.